The standard InChI is InChI=1S/C6H5BrIN.BrH/c1-4-6(8)5(7)2-3-9-4;/h2-3H,1H3;1H. The molecule has 0 aromatic carbocycles. The third-order valence-electron chi connectivity index (χ3n) is 1.02. The van der Waals surface area contributed by atoms with Crippen LogP contribution in [0.25, 0.3) is 0 Å². The first-order valence-electron chi connectivity index (χ1n) is 2.48. The van der Waals surface area contributed by atoms with Crippen LogP contribution in [-0.2, 0) is 0 Å². The summed E-state index contributed by atoms with van der Waals surface area (Å²) < 4.78 is 2.31. The van der Waals surface area contributed by atoms with Crippen LogP contribution < -0.4 is 0 Å². The molecule has 56 valence electrons. The van der Waals surface area contributed by atoms with Gasteiger partial charge in [0.25, 0.3) is 0 Å². The lowest BCUT2D eigenvalue weighted by molar-refractivity contribution is 1.17. The van der Waals surface area contributed by atoms with E-state index in [0.717, 1.165) is 10.2 Å². The molecule has 0 saturated heterocycles. The molecule has 0 aliphatic heterocycles. The van der Waals surface area contributed by atoms with Crippen molar-refractivity contribution in [2.45, 2.75) is 6.92 Å². The minimum atomic E-state index is 0. The number of aromatic nitrogens is 1. The van der Waals surface area contributed by atoms with Crippen molar-refractivity contribution in [2.75, 3.05) is 0 Å². The third-order valence-corrected chi connectivity index (χ3v) is 3.78. The summed E-state index contributed by atoms with van der Waals surface area (Å²) in [5.74, 6) is 0. The van der Waals surface area contributed by atoms with E-state index < -0.39 is 0 Å². The summed E-state index contributed by atoms with van der Waals surface area (Å²) in [6.45, 7) is 1.99. The molecule has 0 bridgehead atoms. The Kier molecular flexibility index (Phi) is 5.06. The fourth-order valence-corrected chi connectivity index (χ4v) is 1.24. The maximum Gasteiger partial charge on any atom is 0.0517 e. The fraction of sp³-hybridized carbons (Fsp3) is 0.167. The van der Waals surface area contributed by atoms with Gasteiger partial charge in [-0.15, -0.1) is 17.0 Å². The first-order chi connectivity index (χ1) is 4.22. The number of hydrogen-bond donors (Lipinski definition) is 0. The molecular weight excluding hydrogens is 373 g/mol. The summed E-state index contributed by atoms with van der Waals surface area (Å²) >= 11 is 5.66. The molecular formula is C6H6Br2IN. The van der Waals surface area contributed by atoms with E-state index >= 15 is 0 Å². The van der Waals surface area contributed by atoms with Crippen molar-refractivity contribution in [2.24, 2.45) is 0 Å². The first kappa shape index (κ1) is 10.8. The minimum absolute atomic E-state index is 0. The van der Waals surface area contributed by atoms with Gasteiger partial charge in [0.05, 0.1) is 5.69 Å². The second-order valence-corrected chi connectivity index (χ2v) is 3.63. The normalized spacial score (nSPS) is 8.70. The zero-order valence-corrected chi connectivity index (χ0v) is 10.7. The van der Waals surface area contributed by atoms with Crippen molar-refractivity contribution in [3.05, 3.63) is 26.0 Å². The Hall–Kier alpha value is 0.840. The summed E-state index contributed by atoms with van der Waals surface area (Å²) in [7, 11) is 0. The van der Waals surface area contributed by atoms with Gasteiger partial charge in [-0.25, -0.2) is 0 Å². The highest BCUT2D eigenvalue weighted by molar-refractivity contribution is 14.1. The van der Waals surface area contributed by atoms with Gasteiger partial charge in [-0.1, -0.05) is 0 Å². The first-order valence-corrected chi connectivity index (χ1v) is 4.35. The molecule has 0 aliphatic rings. The summed E-state index contributed by atoms with van der Waals surface area (Å²) in [5, 5.41) is 0. The molecule has 0 radical (unpaired) electrons. The summed E-state index contributed by atoms with van der Waals surface area (Å²) in [5.41, 5.74) is 1.07. The van der Waals surface area contributed by atoms with Gasteiger partial charge in [0.1, 0.15) is 0 Å². The zero-order valence-electron chi connectivity index (χ0n) is 5.27. The van der Waals surface area contributed by atoms with Gasteiger partial charge in [0.2, 0.25) is 0 Å². The third kappa shape index (κ3) is 2.47. The predicted octanol–water partition coefficient (Wildman–Crippen LogP) is 3.34. The Morgan fingerprint density at radius 2 is 2.20 bits per heavy atom. The van der Waals surface area contributed by atoms with Crippen LogP contribution in [0.1, 0.15) is 5.69 Å². The van der Waals surface area contributed by atoms with Crippen molar-refractivity contribution in [1.29, 1.82) is 0 Å². The molecule has 1 aromatic heterocycles. The number of halogens is 3. The average molecular weight is 379 g/mol. The van der Waals surface area contributed by atoms with Gasteiger partial charge in [0, 0.05) is 14.2 Å². The Labute approximate surface area is 92.7 Å². The molecule has 1 rings (SSSR count). The molecule has 0 spiro atoms. The monoisotopic (exact) mass is 377 g/mol. The highest BCUT2D eigenvalue weighted by atomic mass is 127. The van der Waals surface area contributed by atoms with Crippen molar-refractivity contribution >= 4 is 55.5 Å². The average Bonchev–Trinajstić information content (AvgIpc) is 1.83. The summed E-state index contributed by atoms with van der Waals surface area (Å²) in [6, 6.07) is 1.94. The van der Waals surface area contributed by atoms with Crippen molar-refractivity contribution in [3.63, 3.8) is 0 Å². The van der Waals surface area contributed by atoms with E-state index in [4.69, 9.17) is 0 Å². The molecule has 1 nitrogen and oxygen atoms in total. The topological polar surface area (TPSA) is 12.9 Å². The molecule has 0 atom stereocenters. The lowest BCUT2D eigenvalue weighted by Crippen LogP contribution is -1.84. The van der Waals surface area contributed by atoms with Gasteiger partial charge in [-0.05, 0) is 51.5 Å². The van der Waals surface area contributed by atoms with Gasteiger partial charge >= 0.3 is 0 Å². The molecule has 1 heterocycles. The Bertz CT molecular complexity index is 207. The lowest BCUT2D eigenvalue weighted by atomic mass is 10.4. The smallest absolute Gasteiger partial charge is 0.0517 e. The van der Waals surface area contributed by atoms with Gasteiger partial charge in [0.15, 0.2) is 0 Å². The van der Waals surface area contributed by atoms with Crippen LogP contribution in [0.15, 0.2) is 16.7 Å². The Balaban J connectivity index is 0.000000810. The van der Waals surface area contributed by atoms with E-state index in [0.29, 0.717) is 0 Å². The van der Waals surface area contributed by atoms with E-state index in [-0.39, 0.29) is 17.0 Å². The van der Waals surface area contributed by atoms with Crippen LogP contribution in [-0.4, -0.2) is 4.98 Å². The quantitative estimate of drug-likeness (QED) is 0.631. The van der Waals surface area contributed by atoms with E-state index in [1.165, 1.54) is 3.57 Å². The van der Waals surface area contributed by atoms with E-state index in [9.17, 15) is 0 Å². The maximum absolute atomic E-state index is 4.10. The van der Waals surface area contributed by atoms with Gasteiger partial charge < -0.3 is 0 Å². The molecule has 0 N–H and O–H groups in total. The molecule has 0 fully saturated rings. The van der Waals surface area contributed by atoms with Crippen LogP contribution in [0, 0.1) is 10.5 Å². The van der Waals surface area contributed by atoms with Crippen LogP contribution in [0.5, 0.6) is 0 Å². The zero-order chi connectivity index (χ0) is 6.85. The van der Waals surface area contributed by atoms with Crippen molar-refractivity contribution in [3.8, 4) is 0 Å². The van der Waals surface area contributed by atoms with Crippen molar-refractivity contribution in [1.82, 2.24) is 4.98 Å². The van der Waals surface area contributed by atoms with Gasteiger partial charge in [-0.2, -0.15) is 0 Å². The molecule has 10 heavy (non-hydrogen) atoms. The van der Waals surface area contributed by atoms with Crippen molar-refractivity contribution < 1.29 is 0 Å². The Morgan fingerprint density at radius 1 is 1.60 bits per heavy atom. The second kappa shape index (κ2) is 4.66. The van der Waals surface area contributed by atoms with Gasteiger partial charge in [-0.3, -0.25) is 4.98 Å². The van der Waals surface area contributed by atoms with Crippen LogP contribution in [0.3, 0.4) is 0 Å². The SMILES string of the molecule is Br.Cc1nccc(Br)c1I. The Morgan fingerprint density at radius 3 is 2.60 bits per heavy atom. The number of hydrogen-bond acceptors (Lipinski definition) is 1. The molecule has 0 amide bonds. The second-order valence-electron chi connectivity index (χ2n) is 1.69. The highest BCUT2D eigenvalue weighted by Gasteiger charge is 1.97. The molecule has 1 aromatic rings. The van der Waals surface area contributed by atoms with Crippen LogP contribution in [0.4, 0.5) is 0 Å². The van der Waals surface area contributed by atoms with Crippen LogP contribution >= 0.6 is 55.5 Å². The van der Waals surface area contributed by atoms with E-state index in [1.54, 1.807) is 6.20 Å². The summed E-state index contributed by atoms with van der Waals surface area (Å²) in [4.78, 5) is 4.10. The number of aryl methyl sites for hydroxylation is 1. The predicted molar refractivity (Wildman–Crippen MR) is 59.7 cm³/mol. The minimum Gasteiger partial charge on any atom is -0.260 e. The molecule has 0 saturated carbocycles. The largest absolute Gasteiger partial charge is 0.260 e. The highest BCUT2D eigenvalue weighted by Crippen LogP contribution is 2.19. The van der Waals surface area contributed by atoms with Crippen LogP contribution in [0.2, 0.25) is 0 Å². The maximum atomic E-state index is 4.10. The fourth-order valence-electron chi connectivity index (χ4n) is 0.517. The molecule has 4 heteroatoms. The summed E-state index contributed by atoms with van der Waals surface area (Å²) in [6.07, 6.45) is 1.79. The molecule has 0 aliphatic carbocycles. The van der Waals surface area contributed by atoms with E-state index in [1.807, 2.05) is 13.0 Å². The number of rotatable bonds is 0. The number of pyridine rings is 1. The van der Waals surface area contributed by atoms with E-state index in [2.05, 4.69) is 43.5 Å². The lowest BCUT2D eigenvalue weighted by Gasteiger charge is -1.96. The molecule has 0 unspecified atom stereocenters. The number of nitrogens with zero attached hydrogens (tertiary/aromatic N) is 1.